The van der Waals surface area contributed by atoms with E-state index >= 15 is 0 Å². The van der Waals surface area contributed by atoms with E-state index in [0.29, 0.717) is 6.54 Å². The molecule has 10 nitrogen and oxygen atoms in total. The summed E-state index contributed by atoms with van der Waals surface area (Å²) in [5.41, 5.74) is 1.23. The van der Waals surface area contributed by atoms with Crippen molar-refractivity contribution in [2.75, 3.05) is 31.5 Å². The SMILES string of the molecule is Cc1ccc(S(=O)(=O)Nc2cccc3c2O[C@@H](CN(C)C(=O)NC2CCCCC2)[C@@H](C)CN([C@H](C)CO)C3=O)cc1. The van der Waals surface area contributed by atoms with Crippen molar-refractivity contribution in [2.45, 2.75) is 76.0 Å². The molecule has 2 aliphatic rings. The smallest absolute Gasteiger partial charge is 0.317 e. The van der Waals surface area contributed by atoms with Crippen LogP contribution >= 0.6 is 0 Å². The molecule has 3 amide bonds. The van der Waals surface area contributed by atoms with Crippen molar-refractivity contribution in [3.8, 4) is 5.75 Å². The van der Waals surface area contributed by atoms with Crippen molar-refractivity contribution in [3.05, 3.63) is 53.6 Å². The lowest BCUT2D eigenvalue weighted by atomic mass is 9.96. The summed E-state index contributed by atoms with van der Waals surface area (Å²) in [5.74, 6) is -0.514. The molecule has 3 atom stereocenters. The average molecular weight is 587 g/mol. The standard InChI is InChI=1S/C30H42N4O6S/c1-20-13-15-24(16-14-20)41(38,39)32-26-12-8-11-25-28(26)40-27(21(2)17-34(29(25)36)22(3)19-35)18-33(4)30(37)31-23-9-6-5-7-10-23/h8,11-16,21-23,27,32,35H,5-7,9-10,17-19H2,1-4H3,(H,31,37)/t21-,22+,27-/m0/s1. The largest absolute Gasteiger partial charge is 0.485 e. The summed E-state index contributed by atoms with van der Waals surface area (Å²) in [6, 6.07) is 10.7. The normalized spacial score (nSPS) is 20.7. The van der Waals surface area contributed by atoms with Crippen molar-refractivity contribution in [2.24, 2.45) is 5.92 Å². The molecule has 2 aromatic rings. The molecule has 0 unspecified atom stereocenters. The number of urea groups is 1. The summed E-state index contributed by atoms with van der Waals surface area (Å²) < 4.78 is 35.7. The van der Waals surface area contributed by atoms with Crippen LogP contribution in [-0.2, 0) is 10.0 Å². The maximum atomic E-state index is 13.7. The quantitative estimate of drug-likeness (QED) is 0.429. The maximum absolute atomic E-state index is 13.7. The first-order chi connectivity index (χ1) is 19.5. The van der Waals surface area contributed by atoms with Gasteiger partial charge < -0.3 is 25.0 Å². The van der Waals surface area contributed by atoms with Crippen LogP contribution in [0.15, 0.2) is 47.4 Å². The number of hydrogen-bond acceptors (Lipinski definition) is 6. The Morgan fingerprint density at radius 1 is 1.15 bits per heavy atom. The van der Waals surface area contributed by atoms with E-state index in [4.69, 9.17) is 4.74 Å². The lowest BCUT2D eigenvalue weighted by Crippen LogP contribution is -2.52. The third-order valence-corrected chi connectivity index (χ3v) is 9.38. The van der Waals surface area contributed by atoms with Crippen molar-refractivity contribution in [1.82, 2.24) is 15.1 Å². The van der Waals surface area contributed by atoms with Gasteiger partial charge in [0.1, 0.15) is 6.10 Å². The van der Waals surface area contributed by atoms with Crippen LogP contribution in [0.5, 0.6) is 5.75 Å². The molecule has 0 bridgehead atoms. The summed E-state index contributed by atoms with van der Waals surface area (Å²) >= 11 is 0. The second kappa shape index (κ2) is 13.1. The lowest BCUT2D eigenvalue weighted by Gasteiger charge is -2.38. The molecule has 0 aromatic heterocycles. The number of likely N-dealkylation sites (N-methyl/N-ethyl adjacent to an activating group) is 1. The molecular formula is C30H42N4O6S. The zero-order chi connectivity index (χ0) is 29.7. The van der Waals surface area contributed by atoms with E-state index in [1.807, 2.05) is 13.8 Å². The minimum atomic E-state index is -3.99. The molecule has 1 fully saturated rings. The highest BCUT2D eigenvalue weighted by atomic mass is 32.2. The number of benzene rings is 2. The molecule has 11 heteroatoms. The molecule has 3 N–H and O–H groups in total. The summed E-state index contributed by atoms with van der Waals surface area (Å²) in [6.45, 7) is 5.83. The molecule has 0 saturated heterocycles. The van der Waals surface area contributed by atoms with Crippen LogP contribution in [0.2, 0.25) is 0 Å². The van der Waals surface area contributed by atoms with Gasteiger partial charge in [-0.15, -0.1) is 0 Å². The number of fused-ring (bicyclic) bond motifs is 1. The van der Waals surface area contributed by atoms with Crippen LogP contribution in [0.1, 0.15) is 61.9 Å². The lowest BCUT2D eigenvalue weighted by molar-refractivity contribution is 0.0368. The summed E-state index contributed by atoms with van der Waals surface area (Å²) in [5, 5.41) is 13.0. The minimum absolute atomic E-state index is 0.0810. The Morgan fingerprint density at radius 2 is 1.83 bits per heavy atom. The monoisotopic (exact) mass is 586 g/mol. The van der Waals surface area contributed by atoms with Gasteiger partial charge in [0.05, 0.1) is 35.3 Å². The zero-order valence-electron chi connectivity index (χ0n) is 24.3. The number of aliphatic hydroxyl groups is 1. The number of ether oxygens (including phenoxy) is 1. The number of aryl methyl sites for hydroxylation is 1. The maximum Gasteiger partial charge on any atom is 0.317 e. The number of carbonyl (C=O) groups is 2. The predicted molar refractivity (Wildman–Crippen MR) is 158 cm³/mol. The van der Waals surface area contributed by atoms with Crippen LogP contribution in [0.4, 0.5) is 10.5 Å². The Kier molecular flexibility index (Phi) is 9.80. The molecule has 1 aliphatic heterocycles. The Labute approximate surface area is 243 Å². The predicted octanol–water partition coefficient (Wildman–Crippen LogP) is 3.99. The number of hydrogen-bond donors (Lipinski definition) is 3. The van der Waals surface area contributed by atoms with Crippen molar-refractivity contribution < 1.29 is 27.9 Å². The first-order valence-corrected chi connectivity index (χ1v) is 15.8. The Balaban J connectivity index is 1.66. The fourth-order valence-electron chi connectivity index (χ4n) is 5.35. The van der Waals surface area contributed by atoms with E-state index in [-0.39, 0.29) is 58.9 Å². The van der Waals surface area contributed by atoms with E-state index in [0.717, 1.165) is 31.2 Å². The molecular weight excluding hydrogens is 544 g/mol. The van der Waals surface area contributed by atoms with E-state index < -0.39 is 22.2 Å². The van der Waals surface area contributed by atoms with Gasteiger partial charge in [-0.2, -0.15) is 0 Å². The van der Waals surface area contributed by atoms with Crippen LogP contribution < -0.4 is 14.8 Å². The Bertz CT molecular complexity index is 1330. The van der Waals surface area contributed by atoms with Crippen LogP contribution in [0, 0.1) is 12.8 Å². The number of nitrogens with zero attached hydrogens (tertiary/aromatic N) is 2. The number of nitrogens with one attached hydrogen (secondary N) is 2. The van der Waals surface area contributed by atoms with Gasteiger partial charge >= 0.3 is 6.03 Å². The van der Waals surface area contributed by atoms with Gasteiger partial charge in [0.15, 0.2) is 5.75 Å². The first-order valence-electron chi connectivity index (χ1n) is 14.3. The second-order valence-corrected chi connectivity index (χ2v) is 13.1. The highest BCUT2D eigenvalue weighted by molar-refractivity contribution is 7.92. The highest BCUT2D eigenvalue weighted by Gasteiger charge is 2.35. The van der Waals surface area contributed by atoms with Crippen molar-refractivity contribution >= 4 is 27.6 Å². The first kappa shape index (κ1) is 30.6. The fraction of sp³-hybridized carbons (Fsp3) is 0.533. The molecule has 2 aromatic carbocycles. The molecule has 0 spiro atoms. The number of carbonyl (C=O) groups excluding carboxylic acids is 2. The number of aliphatic hydroxyl groups excluding tert-OH is 1. The Hall–Kier alpha value is -3.31. The van der Waals surface area contributed by atoms with Gasteiger partial charge in [0.2, 0.25) is 0 Å². The average Bonchev–Trinajstić information content (AvgIpc) is 2.95. The van der Waals surface area contributed by atoms with Gasteiger partial charge in [-0.05, 0) is 51.0 Å². The van der Waals surface area contributed by atoms with E-state index in [1.54, 1.807) is 54.1 Å². The van der Waals surface area contributed by atoms with Gasteiger partial charge in [-0.3, -0.25) is 9.52 Å². The topological polar surface area (TPSA) is 128 Å². The van der Waals surface area contributed by atoms with Gasteiger partial charge in [-0.25, -0.2) is 13.2 Å². The van der Waals surface area contributed by atoms with Gasteiger partial charge in [0.25, 0.3) is 15.9 Å². The molecule has 224 valence electrons. The molecule has 1 saturated carbocycles. The van der Waals surface area contributed by atoms with Crippen LogP contribution in [0.25, 0.3) is 0 Å². The molecule has 0 radical (unpaired) electrons. The second-order valence-electron chi connectivity index (χ2n) is 11.4. The minimum Gasteiger partial charge on any atom is -0.485 e. The number of rotatable bonds is 8. The van der Waals surface area contributed by atoms with E-state index in [9.17, 15) is 23.1 Å². The van der Waals surface area contributed by atoms with Gasteiger partial charge in [0, 0.05) is 25.6 Å². The molecule has 41 heavy (non-hydrogen) atoms. The van der Waals surface area contributed by atoms with E-state index in [1.165, 1.54) is 18.6 Å². The molecule has 1 heterocycles. The van der Waals surface area contributed by atoms with Gasteiger partial charge in [-0.1, -0.05) is 49.9 Å². The summed E-state index contributed by atoms with van der Waals surface area (Å²) in [6.07, 6.45) is 4.74. The van der Waals surface area contributed by atoms with Crippen molar-refractivity contribution in [3.63, 3.8) is 0 Å². The summed E-state index contributed by atoms with van der Waals surface area (Å²) in [7, 11) is -2.28. The number of amides is 3. The number of sulfonamides is 1. The van der Waals surface area contributed by atoms with Crippen LogP contribution in [0.3, 0.4) is 0 Å². The number of para-hydroxylation sites is 1. The summed E-state index contributed by atoms with van der Waals surface area (Å²) in [4.78, 5) is 30.0. The van der Waals surface area contributed by atoms with Crippen LogP contribution in [-0.4, -0.2) is 80.2 Å². The Morgan fingerprint density at radius 3 is 2.49 bits per heavy atom. The highest BCUT2D eigenvalue weighted by Crippen LogP contribution is 2.36. The zero-order valence-corrected chi connectivity index (χ0v) is 25.1. The number of anilines is 1. The van der Waals surface area contributed by atoms with Crippen molar-refractivity contribution in [1.29, 1.82) is 0 Å². The molecule has 4 rings (SSSR count). The molecule has 1 aliphatic carbocycles. The third kappa shape index (κ3) is 7.32. The third-order valence-electron chi connectivity index (χ3n) is 8.00. The fourth-order valence-corrected chi connectivity index (χ4v) is 6.41. The van der Waals surface area contributed by atoms with E-state index in [2.05, 4.69) is 10.0 Å².